The number of hydrogen-bond acceptors (Lipinski definition) is 3. The number of carbonyl (C=O) groups is 1. The summed E-state index contributed by atoms with van der Waals surface area (Å²) in [5.41, 5.74) is 3.60. The van der Waals surface area contributed by atoms with Gasteiger partial charge in [-0.15, -0.1) is 0 Å². The third-order valence-electron chi connectivity index (χ3n) is 4.12. The van der Waals surface area contributed by atoms with Crippen LogP contribution in [0.3, 0.4) is 0 Å². The summed E-state index contributed by atoms with van der Waals surface area (Å²) >= 11 is 0. The molecule has 0 atom stereocenters. The molecule has 116 valence electrons. The second kappa shape index (κ2) is 7.46. The Morgan fingerprint density at radius 2 is 1.86 bits per heavy atom. The molecule has 0 spiro atoms. The van der Waals surface area contributed by atoms with Gasteiger partial charge in [0, 0.05) is 32.6 Å². The molecular weight excluding hydrogens is 264 g/mol. The average Bonchev–Trinajstić information content (AvgIpc) is 2.51. The van der Waals surface area contributed by atoms with E-state index in [0.29, 0.717) is 13.0 Å². The van der Waals surface area contributed by atoms with E-state index < -0.39 is 0 Å². The minimum Gasteiger partial charge on any atom is -0.493 e. The summed E-state index contributed by atoms with van der Waals surface area (Å²) in [6, 6.07) is 4.20. The molecule has 0 aromatic heterocycles. The fourth-order valence-electron chi connectivity index (χ4n) is 2.62. The summed E-state index contributed by atoms with van der Waals surface area (Å²) in [5.74, 6) is 1.22. The van der Waals surface area contributed by atoms with Crippen LogP contribution in [0, 0.1) is 20.8 Å². The van der Waals surface area contributed by atoms with Gasteiger partial charge in [0.05, 0.1) is 6.61 Å². The lowest BCUT2D eigenvalue weighted by Gasteiger charge is -2.27. The highest BCUT2D eigenvalue weighted by molar-refractivity contribution is 5.76. The van der Waals surface area contributed by atoms with Crippen LogP contribution in [0.25, 0.3) is 0 Å². The zero-order chi connectivity index (χ0) is 15.2. The first-order valence-corrected chi connectivity index (χ1v) is 7.77. The van der Waals surface area contributed by atoms with Gasteiger partial charge in [0.1, 0.15) is 5.75 Å². The van der Waals surface area contributed by atoms with Crippen molar-refractivity contribution in [3.05, 3.63) is 28.8 Å². The van der Waals surface area contributed by atoms with Gasteiger partial charge in [-0.3, -0.25) is 4.79 Å². The van der Waals surface area contributed by atoms with Gasteiger partial charge in [0.2, 0.25) is 5.91 Å². The number of hydrogen-bond donors (Lipinski definition) is 1. The summed E-state index contributed by atoms with van der Waals surface area (Å²) in [7, 11) is 0. The van der Waals surface area contributed by atoms with Crippen LogP contribution >= 0.6 is 0 Å². The Labute approximate surface area is 127 Å². The minimum atomic E-state index is 0.248. The van der Waals surface area contributed by atoms with Gasteiger partial charge in [-0.05, 0) is 43.9 Å². The van der Waals surface area contributed by atoms with E-state index >= 15 is 0 Å². The fraction of sp³-hybridized carbons (Fsp3) is 0.588. The standard InChI is InChI=1S/C17H26N2O2/c1-13-6-7-14(2)17(15(13)3)21-12-4-5-16(20)19-10-8-18-9-11-19/h6-7,18H,4-5,8-12H2,1-3H3. The molecule has 0 unspecified atom stereocenters. The maximum Gasteiger partial charge on any atom is 0.222 e. The zero-order valence-electron chi connectivity index (χ0n) is 13.4. The van der Waals surface area contributed by atoms with Crippen LogP contribution in [0.1, 0.15) is 29.5 Å². The Balaban J connectivity index is 1.77. The number of carbonyl (C=O) groups excluding carboxylic acids is 1. The third-order valence-corrected chi connectivity index (χ3v) is 4.12. The van der Waals surface area contributed by atoms with Crippen molar-refractivity contribution in [2.75, 3.05) is 32.8 Å². The number of aryl methyl sites for hydroxylation is 2. The molecule has 0 aliphatic carbocycles. The van der Waals surface area contributed by atoms with Crippen molar-refractivity contribution in [1.29, 1.82) is 0 Å². The fourth-order valence-corrected chi connectivity index (χ4v) is 2.62. The van der Waals surface area contributed by atoms with E-state index in [-0.39, 0.29) is 5.91 Å². The lowest BCUT2D eigenvalue weighted by molar-refractivity contribution is -0.132. The van der Waals surface area contributed by atoms with Crippen molar-refractivity contribution in [3.63, 3.8) is 0 Å². The maximum absolute atomic E-state index is 12.0. The third kappa shape index (κ3) is 4.21. The molecule has 4 heteroatoms. The zero-order valence-corrected chi connectivity index (χ0v) is 13.4. The molecule has 0 radical (unpaired) electrons. The minimum absolute atomic E-state index is 0.248. The van der Waals surface area contributed by atoms with E-state index in [1.54, 1.807) is 0 Å². The van der Waals surface area contributed by atoms with Crippen LogP contribution < -0.4 is 10.1 Å². The first-order chi connectivity index (χ1) is 10.1. The number of nitrogens with one attached hydrogen (secondary N) is 1. The average molecular weight is 290 g/mol. The second-order valence-corrected chi connectivity index (χ2v) is 5.74. The van der Waals surface area contributed by atoms with Gasteiger partial charge in [0.25, 0.3) is 0 Å². The van der Waals surface area contributed by atoms with Gasteiger partial charge in [0.15, 0.2) is 0 Å². The van der Waals surface area contributed by atoms with Crippen LogP contribution in [0.5, 0.6) is 5.75 Å². The molecule has 1 fully saturated rings. The van der Waals surface area contributed by atoms with Crippen LogP contribution in [-0.4, -0.2) is 43.6 Å². The summed E-state index contributed by atoms with van der Waals surface area (Å²) < 4.78 is 5.90. The van der Waals surface area contributed by atoms with Crippen molar-refractivity contribution >= 4 is 5.91 Å². The Morgan fingerprint density at radius 1 is 1.19 bits per heavy atom. The molecule has 1 aliphatic rings. The van der Waals surface area contributed by atoms with Crippen LogP contribution in [-0.2, 0) is 4.79 Å². The molecule has 1 N–H and O–H groups in total. The summed E-state index contributed by atoms with van der Waals surface area (Å²) in [4.78, 5) is 14.0. The second-order valence-electron chi connectivity index (χ2n) is 5.74. The lowest BCUT2D eigenvalue weighted by atomic mass is 10.1. The van der Waals surface area contributed by atoms with E-state index in [2.05, 4.69) is 38.2 Å². The van der Waals surface area contributed by atoms with Gasteiger partial charge in [-0.25, -0.2) is 0 Å². The normalized spacial score (nSPS) is 15.1. The number of nitrogens with zero attached hydrogens (tertiary/aromatic N) is 1. The Kier molecular flexibility index (Phi) is 5.62. The Bertz CT molecular complexity index is 494. The summed E-state index contributed by atoms with van der Waals surface area (Å²) in [5, 5.41) is 3.26. The lowest BCUT2D eigenvalue weighted by Crippen LogP contribution is -2.46. The van der Waals surface area contributed by atoms with Gasteiger partial charge >= 0.3 is 0 Å². The van der Waals surface area contributed by atoms with E-state index in [0.717, 1.165) is 43.9 Å². The molecule has 1 aliphatic heterocycles. The molecule has 1 aromatic rings. The first kappa shape index (κ1) is 15.8. The number of rotatable bonds is 5. The number of piperazine rings is 1. The maximum atomic E-state index is 12.0. The monoisotopic (exact) mass is 290 g/mol. The van der Waals surface area contributed by atoms with Gasteiger partial charge in [-0.2, -0.15) is 0 Å². The van der Waals surface area contributed by atoms with Gasteiger partial charge in [-0.1, -0.05) is 12.1 Å². The largest absolute Gasteiger partial charge is 0.493 e. The molecule has 4 nitrogen and oxygen atoms in total. The molecular formula is C17H26N2O2. The van der Waals surface area contributed by atoms with Crippen LogP contribution in [0.2, 0.25) is 0 Å². The summed E-state index contributed by atoms with van der Waals surface area (Å²) in [6.45, 7) is 10.3. The van der Waals surface area contributed by atoms with Crippen LogP contribution in [0.15, 0.2) is 12.1 Å². The topological polar surface area (TPSA) is 41.6 Å². The van der Waals surface area contributed by atoms with Crippen molar-refractivity contribution in [2.45, 2.75) is 33.6 Å². The quantitative estimate of drug-likeness (QED) is 0.845. The molecule has 1 saturated heterocycles. The predicted octanol–water partition coefficient (Wildman–Crippen LogP) is 2.20. The highest BCUT2D eigenvalue weighted by Gasteiger charge is 2.15. The smallest absolute Gasteiger partial charge is 0.222 e. The van der Waals surface area contributed by atoms with E-state index in [4.69, 9.17) is 4.74 Å². The van der Waals surface area contributed by atoms with E-state index in [9.17, 15) is 4.79 Å². The molecule has 21 heavy (non-hydrogen) atoms. The Morgan fingerprint density at radius 3 is 2.57 bits per heavy atom. The Hall–Kier alpha value is -1.55. The molecule has 2 rings (SSSR count). The van der Waals surface area contributed by atoms with Crippen molar-refractivity contribution in [2.24, 2.45) is 0 Å². The molecule has 0 bridgehead atoms. The first-order valence-electron chi connectivity index (χ1n) is 7.77. The van der Waals surface area contributed by atoms with E-state index in [1.807, 2.05) is 4.90 Å². The SMILES string of the molecule is Cc1ccc(C)c(OCCCC(=O)N2CCNCC2)c1C. The number of ether oxygens (including phenoxy) is 1. The van der Waals surface area contributed by atoms with Crippen molar-refractivity contribution in [1.82, 2.24) is 10.2 Å². The van der Waals surface area contributed by atoms with Gasteiger partial charge < -0.3 is 15.0 Å². The van der Waals surface area contributed by atoms with E-state index in [1.165, 1.54) is 11.1 Å². The highest BCUT2D eigenvalue weighted by atomic mass is 16.5. The molecule has 0 saturated carbocycles. The van der Waals surface area contributed by atoms with Crippen LogP contribution in [0.4, 0.5) is 0 Å². The van der Waals surface area contributed by atoms with Crippen molar-refractivity contribution in [3.8, 4) is 5.75 Å². The van der Waals surface area contributed by atoms with Crippen molar-refractivity contribution < 1.29 is 9.53 Å². The highest BCUT2D eigenvalue weighted by Crippen LogP contribution is 2.25. The molecule has 1 heterocycles. The number of benzene rings is 1. The molecule has 1 amide bonds. The predicted molar refractivity (Wildman–Crippen MR) is 84.8 cm³/mol. The summed E-state index contributed by atoms with van der Waals surface area (Å²) in [6.07, 6.45) is 1.35. The number of amides is 1. The molecule has 1 aromatic carbocycles.